The zero-order chi connectivity index (χ0) is 34.9. The van der Waals surface area contributed by atoms with Crippen LogP contribution in [0.3, 0.4) is 0 Å². The van der Waals surface area contributed by atoms with E-state index in [0.29, 0.717) is 55.4 Å². The van der Waals surface area contributed by atoms with Gasteiger partial charge in [0.15, 0.2) is 45.5 Å². The van der Waals surface area contributed by atoms with Crippen molar-refractivity contribution in [1.29, 1.82) is 0 Å². The molecule has 2 atom stereocenters. The van der Waals surface area contributed by atoms with E-state index in [1.54, 1.807) is 5.38 Å². The van der Waals surface area contributed by atoms with E-state index in [1.165, 1.54) is 17.7 Å². The monoisotopic (exact) mass is 761 g/mol. The summed E-state index contributed by atoms with van der Waals surface area (Å²) in [7, 11) is 0. The minimum absolute atomic E-state index is 0.182. The number of fused-ring (bicyclic) bond motifs is 2. The number of aryl methyl sites for hydroxylation is 2. The quantitative estimate of drug-likeness (QED) is 0.164. The van der Waals surface area contributed by atoms with E-state index < -0.39 is 22.4 Å². The molecule has 0 aliphatic carbocycles. The summed E-state index contributed by atoms with van der Waals surface area (Å²) in [6, 6.07) is 0.623. The third-order valence-electron chi connectivity index (χ3n) is 9.73. The van der Waals surface area contributed by atoms with Gasteiger partial charge in [-0.2, -0.15) is 19.1 Å². The molecule has 9 heterocycles. The molecule has 0 radical (unpaired) electrons. The van der Waals surface area contributed by atoms with Gasteiger partial charge in [-0.05, 0) is 37.2 Å². The Kier molecular flexibility index (Phi) is 10.7. The average molecular weight is 762 g/mol. The Morgan fingerprint density at radius 2 is 1.31 bits per heavy atom. The maximum atomic E-state index is 12.1. The lowest BCUT2D eigenvalue weighted by atomic mass is 10.1. The average Bonchev–Trinajstić information content (AvgIpc) is 3.87. The van der Waals surface area contributed by atoms with Gasteiger partial charge in [0.1, 0.15) is 17.5 Å². The summed E-state index contributed by atoms with van der Waals surface area (Å²) in [5.74, 6) is 3.90. The summed E-state index contributed by atoms with van der Waals surface area (Å²) < 4.78 is 41.0. The Morgan fingerprint density at radius 1 is 0.804 bits per heavy atom. The predicted octanol–water partition coefficient (Wildman–Crippen LogP) is 1.83. The molecule has 2 unspecified atom stereocenters. The number of nitrogens with zero attached hydrogens (tertiary/aromatic N) is 7. The van der Waals surface area contributed by atoms with E-state index >= 15 is 0 Å². The molecule has 5 N–H and O–H groups in total. The molecular formula is C32H43N9O7S3+2. The number of nitrogens with one attached hydrogen (secondary N) is 2. The van der Waals surface area contributed by atoms with Crippen LogP contribution < -0.4 is 20.4 Å². The molecular weight excluding hydrogens is 719 g/mol. The van der Waals surface area contributed by atoms with Gasteiger partial charge in [-0.1, -0.05) is 0 Å². The van der Waals surface area contributed by atoms with Gasteiger partial charge in [-0.15, -0.1) is 0 Å². The standard InChI is InChI=1S/C18H22N5O4S2.C14H21N4O3S/c24-17(11-7-19-28-10-11)27-13-8-23(9-13)18-21-14-3-6-29(25)15(14)16(22-18)20-12-1-4-26-5-2-12;19-10-7-18(8-10)14-16-11-3-6-22(20)12(11)13(17-14)15-9-1-4-21-5-2-9/h7,10,12-13,25H,1-6,8-9H2,(H,20,21,22);9-10,19-20H,1-8H2,(H,15,16,17)/q2*+1. The first kappa shape index (κ1) is 35.0. The number of rotatable bonds is 8. The topological polar surface area (TPSA) is 200 Å². The molecule has 274 valence electrons. The van der Waals surface area contributed by atoms with Crippen LogP contribution >= 0.6 is 11.5 Å². The molecule has 19 heteroatoms. The van der Waals surface area contributed by atoms with Gasteiger partial charge >= 0.3 is 5.97 Å². The zero-order valence-electron chi connectivity index (χ0n) is 28.1. The number of hydrogen-bond donors (Lipinski definition) is 5. The fourth-order valence-corrected chi connectivity index (χ4v) is 9.94. The predicted molar refractivity (Wildman–Crippen MR) is 194 cm³/mol. The second-order valence-corrected chi connectivity index (χ2v) is 17.1. The van der Waals surface area contributed by atoms with Crippen molar-refractivity contribution in [2.75, 3.05) is 84.5 Å². The summed E-state index contributed by atoms with van der Waals surface area (Å²) in [6.45, 7) is 5.29. The van der Waals surface area contributed by atoms with Crippen molar-refractivity contribution in [1.82, 2.24) is 24.3 Å². The summed E-state index contributed by atoms with van der Waals surface area (Å²) in [4.78, 5) is 36.5. The first-order valence-corrected chi connectivity index (χ1v) is 21.0. The Balaban J connectivity index is 0.000000152. The van der Waals surface area contributed by atoms with Crippen molar-refractivity contribution in [2.45, 2.75) is 72.6 Å². The Labute approximate surface area is 305 Å². The number of esters is 1. The minimum Gasteiger partial charge on any atom is -0.455 e. The van der Waals surface area contributed by atoms with Gasteiger partial charge in [0.05, 0.1) is 31.0 Å². The fraction of sp³-hybridized carbons (Fsp3) is 0.625. The summed E-state index contributed by atoms with van der Waals surface area (Å²) >= 11 is -0.346. The summed E-state index contributed by atoms with van der Waals surface area (Å²) in [6.07, 6.45) is 6.36. The Hall–Kier alpha value is -3.04. The smallest absolute Gasteiger partial charge is 0.341 e. The molecule has 0 amide bonds. The van der Waals surface area contributed by atoms with E-state index in [2.05, 4.69) is 25.0 Å². The molecule has 6 aliphatic rings. The summed E-state index contributed by atoms with van der Waals surface area (Å²) in [5.41, 5.74) is 2.35. The van der Waals surface area contributed by atoms with Crippen LogP contribution in [0.5, 0.6) is 0 Å². The number of hydrogen-bond acceptors (Lipinski definition) is 17. The second-order valence-electron chi connectivity index (χ2n) is 13.4. The van der Waals surface area contributed by atoms with Gasteiger partial charge in [-0.25, -0.2) is 19.1 Å². The van der Waals surface area contributed by atoms with Crippen LogP contribution in [0.15, 0.2) is 21.4 Å². The maximum absolute atomic E-state index is 12.1. The first-order valence-electron chi connectivity index (χ1n) is 17.5. The van der Waals surface area contributed by atoms with Crippen LogP contribution in [-0.4, -0.2) is 133 Å². The number of carbonyl (C=O) groups is 1. The maximum Gasteiger partial charge on any atom is 0.341 e. The molecule has 0 bridgehead atoms. The number of aromatic nitrogens is 5. The van der Waals surface area contributed by atoms with Gasteiger partial charge in [0.2, 0.25) is 11.9 Å². The molecule has 3 aromatic heterocycles. The fourth-order valence-electron chi connectivity index (χ4n) is 6.76. The van der Waals surface area contributed by atoms with Crippen molar-refractivity contribution in [2.24, 2.45) is 0 Å². The van der Waals surface area contributed by atoms with Crippen molar-refractivity contribution in [3.05, 3.63) is 28.5 Å². The Bertz CT molecular complexity index is 1680. The van der Waals surface area contributed by atoms with Crippen molar-refractivity contribution >= 4 is 63.4 Å². The van der Waals surface area contributed by atoms with Crippen molar-refractivity contribution < 1.29 is 33.2 Å². The minimum atomic E-state index is -0.813. The van der Waals surface area contributed by atoms with Gasteiger partial charge < -0.3 is 39.8 Å². The van der Waals surface area contributed by atoms with E-state index in [1.807, 2.05) is 9.80 Å². The van der Waals surface area contributed by atoms with Crippen LogP contribution in [0.25, 0.3) is 0 Å². The molecule has 9 rings (SSSR count). The third kappa shape index (κ3) is 7.85. The van der Waals surface area contributed by atoms with Crippen LogP contribution in [0.4, 0.5) is 23.5 Å². The molecule has 16 nitrogen and oxygen atoms in total. The number of β-amino-alcohol motifs (C(OH)–C–C–N with tert-alkyl or cyclic N) is 1. The number of anilines is 4. The van der Waals surface area contributed by atoms with Crippen LogP contribution in [0.1, 0.15) is 47.4 Å². The molecule has 0 spiro atoms. The first-order chi connectivity index (χ1) is 24.9. The molecule has 0 aromatic carbocycles. The van der Waals surface area contributed by atoms with E-state index in [9.17, 15) is 19.0 Å². The normalized spacial score (nSPS) is 23.8. The highest BCUT2D eigenvalue weighted by Crippen LogP contribution is 2.36. The van der Waals surface area contributed by atoms with E-state index in [-0.39, 0.29) is 24.2 Å². The van der Waals surface area contributed by atoms with Gasteiger partial charge in [0.25, 0.3) is 9.79 Å². The van der Waals surface area contributed by atoms with Crippen LogP contribution in [0.2, 0.25) is 0 Å². The number of aliphatic hydroxyl groups excluding tert-OH is 1. The molecule has 51 heavy (non-hydrogen) atoms. The molecule has 3 aromatic rings. The SMILES string of the molecule is O=C(OC1CN(c2nc3c(c(NC4CCOCC4)n2)[S+](O)CC3)C1)c1cnsc1.OC1CN(c2nc3c(c(NC4CCOCC4)n2)[S+](O)CC3)C1. The van der Waals surface area contributed by atoms with Crippen LogP contribution in [-0.2, 0) is 49.4 Å². The summed E-state index contributed by atoms with van der Waals surface area (Å²) in [5, 5.41) is 18.2. The molecule has 0 saturated carbocycles. The van der Waals surface area contributed by atoms with Crippen molar-refractivity contribution in [3.63, 3.8) is 0 Å². The highest BCUT2D eigenvalue weighted by molar-refractivity contribution is 7.92. The molecule has 6 aliphatic heterocycles. The largest absolute Gasteiger partial charge is 0.455 e. The third-order valence-corrected chi connectivity index (χ3v) is 13.3. The van der Waals surface area contributed by atoms with Crippen LogP contribution in [0, 0.1) is 0 Å². The number of carbonyl (C=O) groups excluding carboxylic acids is 1. The van der Waals surface area contributed by atoms with E-state index in [0.717, 1.165) is 104 Å². The molecule has 4 fully saturated rings. The molecule has 4 saturated heterocycles. The van der Waals surface area contributed by atoms with Crippen molar-refractivity contribution in [3.8, 4) is 0 Å². The zero-order valence-corrected chi connectivity index (χ0v) is 30.6. The lowest BCUT2D eigenvalue weighted by Gasteiger charge is -2.38. The second kappa shape index (κ2) is 15.5. The van der Waals surface area contributed by atoms with E-state index in [4.69, 9.17) is 24.2 Å². The Morgan fingerprint density at radius 3 is 1.78 bits per heavy atom. The lowest BCUT2D eigenvalue weighted by molar-refractivity contribution is 0.0231. The highest BCUT2D eigenvalue weighted by atomic mass is 32.2. The highest BCUT2D eigenvalue weighted by Gasteiger charge is 2.42. The number of aliphatic hydroxyl groups is 1. The number of ether oxygens (including phenoxy) is 3. The lowest BCUT2D eigenvalue weighted by Crippen LogP contribution is -2.53. The van der Waals surface area contributed by atoms with Gasteiger partial charge in [0, 0.05) is 69.8 Å². The van der Waals surface area contributed by atoms with Gasteiger partial charge in [-0.3, -0.25) is 0 Å².